The van der Waals surface area contributed by atoms with Crippen molar-refractivity contribution < 1.29 is 4.79 Å². The van der Waals surface area contributed by atoms with Gasteiger partial charge in [0.05, 0.1) is 12.9 Å². The highest BCUT2D eigenvalue weighted by atomic mass is 79.9. The van der Waals surface area contributed by atoms with Crippen molar-refractivity contribution in [1.29, 1.82) is 0 Å². The average Bonchev–Trinajstić information content (AvgIpc) is 2.34. The molecule has 1 aromatic rings. The molecule has 0 aromatic carbocycles. The molecular weight excluding hydrogens is 208 g/mol. The number of imidazole rings is 1. The van der Waals surface area contributed by atoms with Gasteiger partial charge in [0.25, 0.3) is 0 Å². The summed E-state index contributed by atoms with van der Waals surface area (Å²) in [6.07, 6.45) is 3.98. The normalized spacial score (nSPS) is 9.55. The highest BCUT2D eigenvalue weighted by Crippen LogP contribution is 2.04. The number of halogens is 1. The van der Waals surface area contributed by atoms with Crippen molar-refractivity contribution in [2.75, 3.05) is 0 Å². The number of hydrogen-bond donors (Lipinski definition) is 0. The van der Waals surface area contributed by atoms with Gasteiger partial charge in [0, 0.05) is 10.7 Å². The summed E-state index contributed by atoms with van der Waals surface area (Å²) >= 11 is 3.21. The van der Waals surface area contributed by atoms with Gasteiger partial charge < -0.3 is 4.57 Å². The molecule has 0 amide bonds. The molecule has 0 radical (unpaired) electrons. The molecule has 0 atom stereocenters. The van der Waals surface area contributed by atoms with Gasteiger partial charge >= 0.3 is 0 Å². The largest absolute Gasteiger partial charge is 0.332 e. The van der Waals surface area contributed by atoms with E-state index < -0.39 is 0 Å². The van der Waals surface area contributed by atoms with Crippen molar-refractivity contribution in [2.45, 2.75) is 6.54 Å². The molecule has 0 N–H and O–H groups in total. The summed E-state index contributed by atoms with van der Waals surface area (Å²) in [4.78, 5) is 14.0. The van der Waals surface area contributed by atoms with Gasteiger partial charge in [-0.25, -0.2) is 4.98 Å². The Labute approximate surface area is 72.9 Å². The lowest BCUT2D eigenvalue weighted by Gasteiger charge is -1.96. The first kappa shape index (κ1) is 8.20. The maximum Gasteiger partial charge on any atom is 0.169 e. The summed E-state index contributed by atoms with van der Waals surface area (Å²) in [6, 6.07) is 0. The third kappa shape index (κ3) is 2.31. The third-order valence-electron chi connectivity index (χ3n) is 1.13. The highest BCUT2D eigenvalue weighted by molar-refractivity contribution is 9.11. The SMILES string of the molecule is C=C(Br)Cn1cnc(C=O)c1. The van der Waals surface area contributed by atoms with E-state index in [4.69, 9.17) is 0 Å². The van der Waals surface area contributed by atoms with Crippen molar-refractivity contribution in [3.05, 3.63) is 29.3 Å². The number of allylic oxidation sites excluding steroid dienone is 1. The van der Waals surface area contributed by atoms with Crippen molar-refractivity contribution in [3.8, 4) is 0 Å². The molecule has 0 unspecified atom stereocenters. The van der Waals surface area contributed by atoms with Gasteiger partial charge in [0.1, 0.15) is 5.69 Å². The van der Waals surface area contributed by atoms with Crippen LogP contribution in [-0.4, -0.2) is 15.8 Å². The first-order chi connectivity index (χ1) is 5.22. The maximum atomic E-state index is 10.2. The van der Waals surface area contributed by atoms with E-state index in [1.165, 1.54) is 0 Å². The molecule has 4 heteroatoms. The smallest absolute Gasteiger partial charge is 0.169 e. The van der Waals surface area contributed by atoms with E-state index in [0.29, 0.717) is 18.5 Å². The molecule has 1 rings (SSSR count). The van der Waals surface area contributed by atoms with E-state index in [0.717, 1.165) is 4.48 Å². The van der Waals surface area contributed by atoms with Gasteiger partial charge in [-0.15, -0.1) is 0 Å². The van der Waals surface area contributed by atoms with Crippen LogP contribution in [0.5, 0.6) is 0 Å². The standard InChI is InChI=1S/C7H7BrN2O/c1-6(8)2-10-3-7(4-11)9-5-10/h3-5H,1-2H2. The van der Waals surface area contributed by atoms with Gasteiger partial charge in [0.15, 0.2) is 6.29 Å². The molecule has 0 aliphatic carbocycles. The molecule has 0 saturated heterocycles. The zero-order chi connectivity index (χ0) is 8.27. The zero-order valence-corrected chi connectivity index (χ0v) is 7.41. The molecule has 1 aromatic heterocycles. The molecule has 0 saturated carbocycles. The van der Waals surface area contributed by atoms with Gasteiger partial charge in [-0.05, 0) is 0 Å². The predicted molar refractivity (Wildman–Crippen MR) is 45.7 cm³/mol. The number of nitrogens with zero attached hydrogens (tertiary/aromatic N) is 2. The molecule has 3 nitrogen and oxygen atoms in total. The number of rotatable bonds is 3. The van der Waals surface area contributed by atoms with Crippen LogP contribution in [-0.2, 0) is 6.54 Å². The molecule has 0 spiro atoms. The van der Waals surface area contributed by atoms with Crippen molar-refractivity contribution in [1.82, 2.24) is 9.55 Å². The van der Waals surface area contributed by atoms with E-state index in [-0.39, 0.29) is 0 Å². The quantitative estimate of drug-likeness (QED) is 0.717. The van der Waals surface area contributed by atoms with E-state index in [1.54, 1.807) is 17.1 Å². The first-order valence-electron chi connectivity index (χ1n) is 3.02. The fraction of sp³-hybridized carbons (Fsp3) is 0.143. The van der Waals surface area contributed by atoms with Crippen LogP contribution in [0.1, 0.15) is 10.5 Å². The molecule has 0 aliphatic rings. The van der Waals surface area contributed by atoms with E-state index >= 15 is 0 Å². The van der Waals surface area contributed by atoms with Gasteiger partial charge in [-0.3, -0.25) is 4.79 Å². The monoisotopic (exact) mass is 214 g/mol. The molecule has 1 heterocycles. The van der Waals surface area contributed by atoms with Gasteiger partial charge in [-0.2, -0.15) is 0 Å². The number of carbonyl (C=O) groups is 1. The predicted octanol–water partition coefficient (Wildman–Crippen LogP) is 1.60. The lowest BCUT2D eigenvalue weighted by Crippen LogP contribution is -1.92. The second-order valence-electron chi connectivity index (χ2n) is 2.11. The fourth-order valence-corrected chi connectivity index (χ4v) is 1.01. The van der Waals surface area contributed by atoms with Crippen LogP contribution in [0.15, 0.2) is 23.6 Å². The minimum atomic E-state index is 0.443. The molecule has 0 bridgehead atoms. The lowest BCUT2D eigenvalue weighted by atomic mass is 10.5. The molecular formula is C7H7BrN2O. The highest BCUT2D eigenvalue weighted by Gasteiger charge is 1.95. The topological polar surface area (TPSA) is 34.9 Å². The van der Waals surface area contributed by atoms with Crippen LogP contribution in [0.4, 0.5) is 0 Å². The number of aldehydes is 1. The summed E-state index contributed by atoms with van der Waals surface area (Å²) in [5.41, 5.74) is 0.443. The molecule has 0 aliphatic heterocycles. The van der Waals surface area contributed by atoms with E-state index in [2.05, 4.69) is 27.5 Å². The van der Waals surface area contributed by atoms with E-state index in [1.807, 2.05) is 0 Å². The Morgan fingerprint density at radius 1 is 1.91 bits per heavy atom. The van der Waals surface area contributed by atoms with Gasteiger partial charge in [-0.1, -0.05) is 22.5 Å². The van der Waals surface area contributed by atoms with Crippen LogP contribution in [0, 0.1) is 0 Å². The Bertz CT molecular complexity index is 280. The van der Waals surface area contributed by atoms with Crippen molar-refractivity contribution in [3.63, 3.8) is 0 Å². The second kappa shape index (κ2) is 3.48. The summed E-state index contributed by atoms with van der Waals surface area (Å²) < 4.78 is 2.63. The Hall–Kier alpha value is -0.900. The fourth-order valence-electron chi connectivity index (χ4n) is 0.723. The van der Waals surface area contributed by atoms with Crippen LogP contribution in [0.3, 0.4) is 0 Å². The summed E-state index contributed by atoms with van der Waals surface area (Å²) in [5, 5.41) is 0. The van der Waals surface area contributed by atoms with Crippen molar-refractivity contribution in [2.24, 2.45) is 0 Å². The number of aromatic nitrogens is 2. The Morgan fingerprint density at radius 3 is 3.09 bits per heavy atom. The summed E-state index contributed by atoms with van der Waals surface area (Å²) in [7, 11) is 0. The molecule has 58 valence electrons. The Morgan fingerprint density at radius 2 is 2.64 bits per heavy atom. The number of carbonyl (C=O) groups excluding carboxylic acids is 1. The number of hydrogen-bond acceptors (Lipinski definition) is 2. The Balaban J connectivity index is 2.72. The Kier molecular flexibility index (Phi) is 2.59. The summed E-state index contributed by atoms with van der Waals surface area (Å²) in [6.45, 7) is 4.30. The van der Waals surface area contributed by atoms with Crippen LogP contribution < -0.4 is 0 Å². The minimum Gasteiger partial charge on any atom is -0.332 e. The zero-order valence-electron chi connectivity index (χ0n) is 5.83. The van der Waals surface area contributed by atoms with Crippen molar-refractivity contribution >= 4 is 22.2 Å². The second-order valence-corrected chi connectivity index (χ2v) is 3.23. The lowest BCUT2D eigenvalue weighted by molar-refractivity contribution is 0.111. The van der Waals surface area contributed by atoms with Crippen LogP contribution >= 0.6 is 15.9 Å². The molecule has 0 fully saturated rings. The minimum absolute atomic E-state index is 0.443. The average molecular weight is 215 g/mol. The first-order valence-corrected chi connectivity index (χ1v) is 3.82. The summed E-state index contributed by atoms with van der Waals surface area (Å²) in [5.74, 6) is 0. The molecule has 11 heavy (non-hydrogen) atoms. The van der Waals surface area contributed by atoms with Crippen LogP contribution in [0.2, 0.25) is 0 Å². The maximum absolute atomic E-state index is 10.2. The third-order valence-corrected chi connectivity index (χ3v) is 1.38. The van der Waals surface area contributed by atoms with E-state index in [9.17, 15) is 4.79 Å². The van der Waals surface area contributed by atoms with Crippen LogP contribution in [0.25, 0.3) is 0 Å². The van der Waals surface area contributed by atoms with Gasteiger partial charge in [0.2, 0.25) is 0 Å².